The van der Waals surface area contributed by atoms with Gasteiger partial charge in [0.1, 0.15) is 0 Å². The zero-order chi connectivity index (χ0) is 20.4. The third-order valence-corrected chi connectivity index (χ3v) is 4.27. The van der Waals surface area contributed by atoms with Crippen LogP contribution in [0.1, 0.15) is 44.9 Å². The van der Waals surface area contributed by atoms with Crippen molar-refractivity contribution < 1.29 is 23.9 Å². The lowest BCUT2D eigenvalue weighted by Gasteiger charge is -2.17. The summed E-state index contributed by atoms with van der Waals surface area (Å²) in [4.78, 5) is 50.1. The van der Waals surface area contributed by atoms with Gasteiger partial charge >= 0.3 is 12.0 Å². The number of methoxy groups -OCH3 is 1. The second-order valence-corrected chi connectivity index (χ2v) is 6.45. The number of carbonyl (C=O) groups is 4. The number of anilines is 2. The number of para-hydroxylation sites is 1. The lowest BCUT2D eigenvalue weighted by Crippen LogP contribution is -2.35. The van der Waals surface area contributed by atoms with Crippen LogP contribution < -0.4 is 10.6 Å². The molecule has 8 heteroatoms. The topological polar surface area (TPSA) is 105 Å². The van der Waals surface area contributed by atoms with E-state index in [1.807, 2.05) is 0 Å². The first-order valence-electron chi connectivity index (χ1n) is 8.60. The molecule has 1 aliphatic rings. The molecule has 1 aliphatic heterocycles. The predicted octanol–water partition coefficient (Wildman–Crippen LogP) is 3.12. The van der Waals surface area contributed by atoms with Crippen molar-refractivity contribution >= 4 is 35.2 Å². The van der Waals surface area contributed by atoms with Gasteiger partial charge in [0.25, 0.3) is 11.8 Å². The van der Waals surface area contributed by atoms with Gasteiger partial charge in [-0.25, -0.2) is 9.59 Å². The number of hydrogen-bond acceptors (Lipinski definition) is 5. The minimum absolute atomic E-state index is 0.211. The van der Waals surface area contributed by atoms with Crippen LogP contribution in [0.25, 0.3) is 0 Å². The molecule has 0 fully saturated rings. The highest BCUT2D eigenvalue weighted by Gasteiger charge is 2.37. The van der Waals surface area contributed by atoms with Crippen molar-refractivity contribution in [2.24, 2.45) is 0 Å². The molecule has 3 rings (SSSR count). The van der Waals surface area contributed by atoms with Crippen LogP contribution in [0.5, 0.6) is 0 Å². The van der Waals surface area contributed by atoms with E-state index in [1.54, 1.807) is 38.1 Å². The van der Waals surface area contributed by atoms with Crippen molar-refractivity contribution in [1.82, 2.24) is 4.90 Å². The van der Waals surface area contributed by atoms with E-state index >= 15 is 0 Å². The Labute approximate surface area is 161 Å². The van der Waals surface area contributed by atoms with Crippen molar-refractivity contribution in [3.05, 3.63) is 59.2 Å². The van der Waals surface area contributed by atoms with Gasteiger partial charge in [-0.1, -0.05) is 12.1 Å². The standard InChI is InChI=1S/C20H19N3O5/c1-11(2)23-17(24)13-9-8-12(10-15(13)18(23)25)21-20(27)22-16-7-5-4-6-14(16)19(26)28-3/h4-11H,1-3H3,(H2,21,22,27). The molecule has 0 aromatic heterocycles. The van der Waals surface area contributed by atoms with Gasteiger partial charge < -0.3 is 15.4 Å². The lowest BCUT2D eigenvalue weighted by atomic mass is 10.1. The van der Waals surface area contributed by atoms with Crippen LogP contribution in [0.3, 0.4) is 0 Å². The summed E-state index contributed by atoms with van der Waals surface area (Å²) in [5, 5.41) is 5.18. The van der Waals surface area contributed by atoms with Gasteiger partial charge in [-0.2, -0.15) is 0 Å². The quantitative estimate of drug-likeness (QED) is 0.625. The van der Waals surface area contributed by atoms with Gasteiger partial charge in [-0.3, -0.25) is 14.5 Å². The highest BCUT2D eigenvalue weighted by Crippen LogP contribution is 2.27. The molecule has 2 N–H and O–H groups in total. The van der Waals surface area contributed by atoms with Crippen molar-refractivity contribution in [1.29, 1.82) is 0 Å². The first-order valence-corrected chi connectivity index (χ1v) is 8.60. The zero-order valence-electron chi connectivity index (χ0n) is 15.6. The summed E-state index contributed by atoms with van der Waals surface area (Å²) in [6, 6.07) is 10.1. The summed E-state index contributed by atoms with van der Waals surface area (Å²) >= 11 is 0. The number of nitrogens with zero attached hydrogens (tertiary/aromatic N) is 1. The molecule has 0 radical (unpaired) electrons. The Kier molecular flexibility index (Phi) is 5.12. The largest absolute Gasteiger partial charge is 0.465 e. The van der Waals surface area contributed by atoms with E-state index in [0.717, 1.165) is 0 Å². The fourth-order valence-corrected chi connectivity index (χ4v) is 2.97. The molecule has 0 spiro atoms. The summed E-state index contributed by atoms with van der Waals surface area (Å²) in [6.45, 7) is 3.51. The number of amides is 4. The smallest absolute Gasteiger partial charge is 0.339 e. The van der Waals surface area contributed by atoms with Gasteiger partial charge in [0, 0.05) is 11.7 Å². The van der Waals surface area contributed by atoms with E-state index in [-0.39, 0.29) is 28.8 Å². The second-order valence-electron chi connectivity index (χ2n) is 6.45. The Balaban J connectivity index is 1.78. The maximum atomic E-state index is 12.5. The minimum Gasteiger partial charge on any atom is -0.465 e. The highest BCUT2D eigenvalue weighted by molar-refractivity contribution is 6.22. The minimum atomic E-state index is -0.603. The molecule has 8 nitrogen and oxygen atoms in total. The van der Waals surface area contributed by atoms with E-state index < -0.39 is 17.9 Å². The number of imide groups is 1. The van der Waals surface area contributed by atoms with Crippen LogP contribution >= 0.6 is 0 Å². The van der Waals surface area contributed by atoms with E-state index in [9.17, 15) is 19.2 Å². The van der Waals surface area contributed by atoms with Crippen LogP contribution in [0.15, 0.2) is 42.5 Å². The molecule has 2 aromatic carbocycles. The second kappa shape index (κ2) is 7.51. The van der Waals surface area contributed by atoms with E-state index in [0.29, 0.717) is 11.3 Å². The number of hydrogen-bond donors (Lipinski definition) is 2. The molecule has 2 aromatic rings. The Bertz CT molecular complexity index is 984. The number of benzene rings is 2. The summed E-state index contributed by atoms with van der Waals surface area (Å²) in [5.41, 5.74) is 1.39. The summed E-state index contributed by atoms with van der Waals surface area (Å²) in [5.74, 6) is -1.32. The molecular formula is C20H19N3O5. The van der Waals surface area contributed by atoms with Crippen LogP contribution in [0.4, 0.5) is 16.2 Å². The third kappa shape index (κ3) is 3.44. The van der Waals surface area contributed by atoms with E-state index in [4.69, 9.17) is 4.74 Å². The van der Waals surface area contributed by atoms with Crippen molar-refractivity contribution in [2.45, 2.75) is 19.9 Å². The first-order chi connectivity index (χ1) is 13.3. The first kappa shape index (κ1) is 19.1. The average molecular weight is 381 g/mol. The molecular weight excluding hydrogens is 362 g/mol. The normalized spacial score (nSPS) is 12.8. The van der Waals surface area contributed by atoms with E-state index in [2.05, 4.69) is 10.6 Å². The summed E-state index contributed by atoms with van der Waals surface area (Å²) in [7, 11) is 1.25. The maximum absolute atomic E-state index is 12.5. The zero-order valence-corrected chi connectivity index (χ0v) is 15.6. The fraction of sp³-hybridized carbons (Fsp3) is 0.200. The van der Waals surface area contributed by atoms with Crippen LogP contribution in [-0.4, -0.2) is 41.9 Å². The number of ether oxygens (including phenoxy) is 1. The molecule has 0 bridgehead atoms. The van der Waals surface area contributed by atoms with Gasteiger partial charge in [0.15, 0.2) is 0 Å². The van der Waals surface area contributed by atoms with Crippen molar-refractivity contribution in [2.75, 3.05) is 17.7 Å². The molecule has 0 unspecified atom stereocenters. The maximum Gasteiger partial charge on any atom is 0.339 e. The van der Waals surface area contributed by atoms with Crippen LogP contribution in [-0.2, 0) is 4.74 Å². The van der Waals surface area contributed by atoms with Crippen LogP contribution in [0.2, 0.25) is 0 Å². The van der Waals surface area contributed by atoms with E-state index in [1.165, 1.54) is 30.2 Å². The molecule has 0 atom stereocenters. The lowest BCUT2D eigenvalue weighted by molar-refractivity contribution is 0.0592. The number of nitrogens with one attached hydrogen (secondary N) is 2. The number of rotatable bonds is 4. The Hall–Kier alpha value is -3.68. The Morgan fingerprint density at radius 1 is 0.964 bits per heavy atom. The summed E-state index contributed by atoms with van der Waals surface area (Å²) < 4.78 is 4.69. The SMILES string of the molecule is COC(=O)c1ccccc1NC(=O)Nc1ccc2c(c1)C(=O)N(C(C)C)C2=O. The number of carbonyl (C=O) groups excluding carboxylic acids is 4. The molecule has 1 heterocycles. The van der Waals surface area contributed by atoms with Crippen molar-refractivity contribution in [3.8, 4) is 0 Å². The fourth-order valence-electron chi connectivity index (χ4n) is 2.97. The van der Waals surface area contributed by atoms with Crippen LogP contribution in [0, 0.1) is 0 Å². The number of esters is 1. The molecule has 0 aliphatic carbocycles. The number of fused-ring (bicyclic) bond motifs is 1. The Morgan fingerprint density at radius 2 is 1.64 bits per heavy atom. The van der Waals surface area contributed by atoms with Crippen molar-refractivity contribution in [3.63, 3.8) is 0 Å². The average Bonchev–Trinajstić information content (AvgIpc) is 2.91. The summed E-state index contributed by atoms with van der Waals surface area (Å²) in [6.07, 6.45) is 0. The molecule has 0 saturated carbocycles. The van der Waals surface area contributed by atoms with Gasteiger partial charge in [-0.05, 0) is 44.2 Å². The monoisotopic (exact) mass is 381 g/mol. The van der Waals surface area contributed by atoms with Gasteiger partial charge in [0.2, 0.25) is 0 Å². The van der Waals surface area contributed by atoms with Gasteiger partial charge in [-0.15, -0.1) is 0 Å². The predicted molar refractivity (Wildman–Crippen MR) is 103 cm³/mol. The molecule has 4 amide bonds. The Morgan fingerprint density at radius 3 is 2.32 bits per heavy atom. The molecule has 144 valence electrons. The molecule has 0 saturated heterocycles. The van der Waals surface area contributed by atoms with Gasteiger partial charge in [0.05, 0.1) is 29.5 Å². The molecule has 28 heavy (non-hydrogen) atoms. The number of urea groups is 1. The highest BCUT2D eigenvalue weighted by atomic mass is 16.5. The third-order valence-electron chi connectivity index (χ3n) is 4.27.